The zero-order valence-electron chi connectivity index (χ0n) is 10.8. The Morgan fingerprint density at radius 3 is 2.60 bits per heavy atom. The topological polar surface area (TPSA) is 38.3 Å². The molecule has 20 heavy (non-hydrogen) atoms. The number of amides is 1. The van der Waals surface area contributed by atoms with Gasteiger partial charge in [-0.15, -0.1) is 0 Å². The minimum Gasteiger partial charge on any atom is -0.484 e. The number of rotatable bonds is 4. The van der Waals surface area contributed by atoms with Gasteiger partial charge < -0.3 is 10.1 Å². The highest BCUT2D eigenvalue weighted by Gasteiger charge is 2.06. The van der Waals surface area contributed by atoms with Crippen LogP contribution in [0.15, 0.2) is 46.9 Å². The van der Waals surface area contributed by atoms with Crippen molar-refractivity contribution in [2.45, 2.75) is 6.92 Å². The van der Waals surface area contributed by atoms with E-state index in [1.807, 2.05) is 25.1 Å². The molecular formula is C15H13BrFNO2. The number of ether oxygens (including phenoxy) is 1. The van der Waals surface area contributed by atoms with E-state index >= 15 is 0 Å². The summed E-state index contributed by atoms with van der Waals surface area (Å²) in [5.74, 6) is -0.172. The van der Waals surface area contributed by atoms with Crippen LogP contribution in [-0.4, -0.2) is 12.5 Å². The molecular weight excluding hydrogens is 325 g/mol. The van der Waals surface area contributed by atoms with Crippen LogP contribution in [0.1, 0.15) is 5.56 Å². The Hall–Kier alpha value is -1.88. The molecule has 5 heteroatoms. The molecule has 0 heterocycles. The molecule has 2 rings (SSSR count). The zero-order valence-corrected chi connectivity index (χ0v) is 12.4. The molecule has 2 aromatic carbocycles. The summed E-state index contributed by atoms with van der Waals surface area (Å²) in [5.41, 5.74) is 1.78. The first kappa shape index (κ1) is 14.5. The van der Waals surface area contributed by atoms with Gasteiger partial charge in [-0.05, 0) is 64.8 Å². The first-order valence-corrected chi connectivity index (χ1v) is 6.78. The summed E-state index contributed by atoms with van der Waals surface area (Å²) >= 11 is 3.38. The molecule has 0 atom stereocenters. The van der Waals surface area contributed by atoms with E-state index in [4.69, 9.17) is 4.74 Å². The van der Waals surface area contributed by atoms with E-state index in [-0.39, 0.29) is 18.3 Å². The normalized spacial score (nSPS) is 10.2. The SMILES string of the molecule is Cc1ccc(NC(=O)COc2ccc(F)cc2)c(Br)c1. The van der Waals surface area contributed by atoms with E-state index in [0.717, 1.165) is 10.0 Å². The fourth-order valence-corrected chi connectivity index (χ4v) is 2.18. The van der Waals surface area contributed by atoms with Crippen LogP contribution in [0.25, 0.3) is 0 Å². The van der Waals surface area contributed by atoms with Crippen molar-refractivity contribution in [2.24, 2.45) is 0 Å². The van der Waals surface area contributed by atoms with Crippen molar-refractivity contribution in [1.82, 2.24) is 0 Å². The molecule has 3 nitrogen and oxygen atoms in total. The summed E-state index contributed by atoms with van der Waals surface area (Å²) in [5, 5.41) is 2.73. The molecule has 1 N–H and O–H groups in total. The van der Waals surface area contributed by atoms with Gasteiger partial charge in [-0.3, -0.25) is 4.79 Å². The van der Waals surface area contributed by atoms with E-state index < -0.39 is 0 Å². The van der Waals surface area contributed by atoms with E-state index in [1.54, 1.807) is 0 Å². The Labute approximate surface area is 124 Å². The molecule has 0 fully saturated rings. The molecule has 104 valence electrons. The molecule has 0 bridgehead atoms. The first-order valence-electron chi connectivity index (χ1n) is 5.99. The summed E-state index contributed by atoms with van der Waals surface area (Å²) in [4.78, 5) is 11.8. The average molecular weight is 338 g/mol. The van der Waals surface area contributed by atoms with Gasteiger partial charge in [0.15, 0.2) is 6.61 Å². The second-order valence-corrected chi connectivity index (χ2v) is 5.13. The summed E-state index contributed by atoms with van der Waals surface area (Å²) in [7, 11) is 0. The largest absolute Gasteiger partial charge is 0.484 e. The lowest BCUT2D eigenvalue weighted by molar-refractivity contribution is -0.118. The van der Waals surface area contributed by atoms with Crippen LogP contribution in [0.4, 0.5) is 10.1 Å². The number of aryl methyl sites for hydroxylation is 1. The third-order valence-corrected chi connectivity index (χ3v) is 3.24. The molecule has 0 spiro atoms. The predicted octanol–water partition coefficient (Wildman–Crippen LogP) is 3.91. The summed E-state index contributed by atoms with van der Waals surface area (Å²) in [6, 6.07) is 11.1. The van der Waals surface area contributed by atoms with Crippen molar-refractivity contribution in [3.63, 3.8) is 0 Å². The van der Waals surface area contributed by atoms with Crippen LogP contribution < -0.4 is 10.1 Å². The van der Waals surface area contributed by atoms with Gasteiger partial charge in [0.05, 0.1) is 5.69 Å². The third kappa shape index (κ3) is 4.06. The summed E-state index contributed by atoms with van der Waals surface area (Å²) in [6.45, 7) is 1.83. The Morgan fingerprint density at radius 1 is 1.25 bits per heavy atom. The van der Waals surface area contributed by atoms with Gasteiger partial charge in [-0.1, -0.05) is 6.07 Å². The van der Waals surface area contributed by atoms with E-state index in [0.29, 0.717) is 11.4 Å². The molecule has 0 aliphatic heterocycles. The smallest absolute Gasteiger partial charge is 0.262 e. The molecule has 0 aliphatic carbocycles. The lowest BCUT2D eigenvalue weighted by Crippen LogP contribution is -2.20. The Balaban J connectivity index is 1.90. The van der Waals surface area contributed by atoms with Crippen LogP contribution in [0.5, 0.6) is 5.75 Å². The van der Waals surface area contributed by atoms with Gasteiger partial charge >= 0.3 is 0 Å². The first-order chi connectivity index (χ1) is 9.54. The number of hydrogen-bond acceptors (Lipinski definition) is 2. The quantitative estimate of drug-likeness (QED) is 0.918. The predicted molar refractivity (Wildman–Crippen MR) is 79.4 cm³/mol. The number of anilines is 1. The van der Waals surface area contributed by atoms with E-state index in [9.17, 15) is 9.18 Å². The van der Waals surface area contributed by atoms with Gasteiger partial charge in [-0.25, -0.2) is 4.39 Å². The second-order valence-electron chi connectivity index (χ2n) is 4.27. The monoisotopic (exact) mass is 337 g/mol. The standard InChI is InChI=1S/C15H13BrFNO2/c1-10-2-7-14(13(16)8-10)18-15(19)9-20-12-5-3-11(17)4-6-12/h2-8H,9H2,1H3,(H,18,19). The van der Waals surface area contributed by atoms with Crippen LogP contribution in [0.3, 0.4) is 0 Å². The number of carbonyl (C=O) groups is 1. The zero-order chi connectivity index (χ0) is 14.5. The van der Waals surface area contributed by atoms with Crippen molar-refractivity contribution in [2.75, 3.05) is 11.9 Å². The highest BCUT2D eigenvalue weighted by molar-refractivity contribution is 9.10. The lowest BCUT2D eigenvalue weighted by Gasteiger charge is -2.09. The maximum Gasteiger partial charge on any atom is 0.262 e. The summed E-state index contributed by atoms with van der Waals surface area (Å²) < 4.78 is 18.8. The number of hydrogen-bond donors (Lipinski definition) is 1. The van der Waals surface area contributed by atoms with Gasteiger partial charge in [-0.2, -0.15) is 0 Å². The van der Waals surface area contributed by atoms with Crippen molar-refractivity contribution in [1.29, 1.82) is 0 Å². The van der Waals surface area contributed by atoms with Crippen molar-refractivity contribution in [3.8, 4) is 5.75 Å². The molecule has 2 aromatic rings. The van der Waals surface area contributed by atoms with E-state index in [1.165, 1.54) is 24.3 Å². The Kier molecular flexibility index (Phi) is 4.74. The molecule has 0 unspecified atom stereocenters. The average Bonchev–Trinajstić information content (AvgIpc) is 2.41. The fourth-order valence-electron chi connectivity index (χ4n) is 1.59. The van der Waals surface area contributed by atoms with Gasteiger partial charge in [0.25, 0.3) is 5.91 Å². The van der Waals surface area contributed by atoms with Crippen molar-refractivity contribution in [3.05, 3.63) is 58.3 Å². The van der Waals surface area contributed by atoms with Crippen LogP contribution in [0, 0.1) is 12.7 Å². The maximum atomic E-state index is 12.7. The molecule has 0 aromatic heterocycles. The number of carbonyl (C=O) groups excluding carboxylic acids is 1. The van der Waals surface area contributed by atoms with Crippen LogP contribution in [0.2, 0.25) is 0 Å². The van der Waals surface area contributed by atoms with Crippen molar-refractivity contribution < 1.29 is 13.9 Å². The number of benzene rings is 2. The van der Waals surface area contributed by atoms with Crippen LogP contribution in [-0.2, 0) is 4.79 Å². The lowest BCUT2D eigenvalue weighted by atomic mass is 10.2. The summed E-state index contributed by atoms with van der Waals surface area (Å²) in [6.07, 6.45) is 0. The van der Waals surface area contributed by atoms with Crippen LogP contribution >= 0.6 is 15.9 Å². The molecule has 0 saturated heterocycles. The third-order valence-electron chi connectivity index (χ3n) is 2.58. The molecule has 0 saturated carbocycles. The fraction of sp³-hybridized carbons (Fsp3) is 0.133. The number of halogens is 2. The minimum atomic E-state index is -0.342. The maximum absolute atomic E-state index is 12.7. The second kappa shape index (κ2) is 6.52. The molecule has 0 aliphatic rings. The molecule has 0 radical (unpaired) electrons. The Morgan fingerprint density at radius 2 is 1.95 bits per heavy atom. The number of nitrogens with one attached hydrogen (secondary N) is 1. The van der Waals surface area contributed by atoms with E-state index in [2.05, 4.69) is 21.2 Å². The minimum absolute atomic E-state index is 0.133. The van der Waals surface area contributed by atoms with Gasteiger partial charge in [0.2, 0.25) is 0 Å². The van der Waals surface area contributed by atoms with Crippen molar-refractivity contribution >= 4 is 27.5 Å². The Bertz CT molecular complexity index is 614. The molecule has 1 amide bonds. The highest BCUT2D eigenvalue weighted by atomic mass is 79.9. The highest BCUT2D eigenvalue weighted by Crippen LogP contribution is 2.23. The van der Waals surface area contributed by atoms with Gasteiger partial charge in [0, 0.05) is 4.47 Å². The van der Waals surface area contributed by atoms with Gasteiger partial charge in [0.1, 0.15) is 11.6 Å².